The van der Waals surface area contributed by atoms with Gasteiger partial charge in [0.15, 0.2) is 5.96 Å². The van der Waals surface area contributed by atoms with E-state index in [4.69, 9.17) is 4.74 Å². The van der Waals surface area contributed by atoms with E-state index in [1.165, 1.54) is 18.4 Å². The first-order valence-corrected chi connectivity index (χ1v) is 6.77. The summed E-state index contributed by atoms with van der Waals surface area (Å²) in [4.78, 5) is 6.47. The molecule has 0 aromatic heterocycles. The quantitative estimate of drug-likeness (QED) is 0.651. The lowest BCUT2D eigenvalue weighted by Crippen LogP contribution is -2.39. The summed E-state index contributed by atoms with van der Waals surface area (Å²) >= 11 is 0. The lowest BCUT2D eigenvalue weighted by Gasteiger charge is -2.22. The Morgan fingerprint density at radius 1 is 1.37 bits per heavy atom. The summed E-state index contributed by atoms with van der Waals surface area (Å²) in [6.07, 6.45) is 2.71. The Kier molecular flexibility index (Phi) is 4.66. The second kappa shape index (κ2) is 6.45. The molecule has 0 heterocycles. The van der Waals surface area contributed by atoms with Crippen molar-refractivity contribution in [2.75, 3.05) is 27.7 Å². The Balaban J connectivity index is 1.87. The number of ether oxygens (including phenoxy) is 1. The van der Waals surface area contributed by atoms with E-state index in [1.54, 1.807) is 7.11 Å². The summed E-state index contributed by atoms with van der Waals surface area (Å²) in [7, 11) is 5.58. The molecule has 1 N–H and O–H groups in total. The zero-order valence-corrected chi connectivity index (χ0v) is 12.0. The van der Waals surface area contributed by atoms with Crippen LogP contribution >= 0.6 is 0 Å². The highest BCUT2D eigenvalue weighted by molar-refractivity contribution is 5.79. The van der Waals surface area contributed by atoms with Gasteiger partial charge in [0, 0.05) is 27.2 Å². The van der Waals surface area contributed by atoms with Crippen LogP contribution in [0.5, 0.6) is 5.75 Å². The van der Waals surface area contributed by atoms with Crippen LogP contribution in [-0.2, 0) is 6.54 Å². The summed E-state index contributed by atoms with van der Waals surface area (Å²) in [6, 6.07) is 8.15. The molecule has 0 amide bonds. The number of hydrogen-bond donors (Lipinski definition) is 1. The van der Waals surface area contributed by atoms with Crippen molar-refractivity contribution in [3.05, 3.63) is 29.8 Å². The zero-order chi connectivity index (χ0) is 13.7. The highest BCUT2D eigenvalue weighted by atomic mass is 16.5. The first kappa shape index (κ1) is 13.7. The van der Waals surface area contributed by atoms with Crippen molar-refractivity contribution in [2.45, 2.75) is 19.4 Å². The summed E-state index contributed by atoms with van der Waals surface area (Å²) in [6.45, 7) is 1.88. The number of benzene rings is 1. The lowest BCUT2D eigenvalue weighted by atomic mass is 10.2. The average molecular weight is 261 g/mol. The first-order chi connectivity index (χ1) is 9.22. The van der Waals surface area contributed by atoms with Crippen molar-refractivity contribution >= 4 is 5.96 Å². The minimum absolute atomic E-state index is 0.842. The maximum absolute atomic E-state index is 5.16. The van der Waals surface area contributed by atoms with Gasteiger partial charge in [-0.05, 0) is 36.5 Å². The fourth-order valence-electron chi connectivity index (χ4n) is 2.02. The maximum Gasteiger partial charge on any atom is 0.193 e. The summed E-state index contributed by atoms with van der Waals surface area (Å²) in [5.74, 6) is 2.71. The molecule has 0 spiro atoms. The zero-order valence-electron chi connectivity index (χ0n) is 12.0. The number of guanidine groups is 1. The number of hydrogen-bond acceptors (Lipinski definition) is 2. The minimum atomic E-state index is 0.842. The Morgan fingerprint density at radius 2 is 2.05 bits per heavy atom. The van der Waals surface area contributed by atoms with Crippen LogP contribution in [-0.4, -0.2) is 38.6 Å². The van der Waals surface area contributed by atoms with Gasteiger partial charge in [0.1, 0.15) is 5.75 Å². The maximum atomic E-state index is 5.16. The number of methoxy groups -OCH3 is 1. The second-order valence-corrected chi connectivity index (χ2v) is 5.08. The van der Waals surface area contributed by atoms with Gasteiger partial charge in [-0.25, -0.2) is 0 Å². The molecule has 1 aromatic carbocycles. The summed E-state index contributed by atoms with van der Waals surface area (Å²) in [5.41, 5.74) is 1.25. The molecule has 19 heavy (non-hydrogen) atoms. The van der Waals surface area contributed by atoms with Gasteiger partial charge in [0.25, 0.3) is 0 Å². The van der Waals surface area contributed by atoms with E-state index in [0.717, 1.165) is 30.7 Å². The van der Waals surface area contributed by atoms with E-state index >= 15 is 0 Å². The van der Waals surface area contributed by atoms with Gasteiger partial charge < -0.3 is 15.0 Å². The Morgan fingerprint density at radius 3 is 2.58 bits per heavy atom. The van der Waals surface area contributed by atoms with E-state index in [2.05, 4.69) is 34.4 Å². The third kappa shape index (κ3) is 4.16. The van der Waals surface area contributed by atoms with Gasteiger partial charge in [0.05, 0.1) is 7.11 Å². The fourth-order valence-corrected chi connectivity index (χ4v) is 2.02. The van der Waals surface area contributed by atoms with Crippen LogP contribution < -0.4 is 10.1 Å². The molecule has 1 aliphatic rings. The first-order valence-electron chi connectivity index (χ1n) is 6.77. The van der Waals surface area contributed by atoms with Crippen molar-refractivity contribution in [3.63, 3.8) is 0 Å². The molecule has 0 unspecified atom stereocenters. The summed E-state index contributed by atoms with van der Waals surface area (Å²) < 4.78 is 5.16. The van der Waals surface area contributed by atoms with Gasteiger partial charge in [-0.3, -0.25) is 4.99 Å². The standard InChI is InChI=1S/C15H23N3O/c1-16-15(17-10-12-4-5-12)18(2)11-13-6-8-14(19-3)9-7-13/h6-9,12H,4-5,10-11H2,1-3H3,(H,16,17). The van der Waals surface area contributed by atoms with Crippen LogP contribution in [0.4, 0.5) is 0 Å². The number of rotatable bonds is 5. The van der Waals surface area contributed by atoms with Gasteiger partial charge in [0.2, 0.25) is 0 Å². The topological polar surface area (TPSA) is 36.9 Å². The minimum Gasteiger partial charge on any atom is -0.497 e. The molecule has 1 aromatic rings. The van der Waals surface area contributed by atoms with Crippen molar-refractivity contribution in [3.8, 4) is 5.75 Å². The third-order valence-corrected chi connectivity index (χ3v) is 3.40. The van der Waals surface area contributed by atoms with Gasteiger partial charge in [-0.1, -0.05) is 12.1 Å². The fraction of sp³-hybridized carbons (Fsp3) is 0.533. The molecule has 1 aliphatic carbocycles. The third-order valence-electron chi connectivity index (χ3n) is 3.40. The Bertz CT molecular complexity index is 424. The number of aliphatic imine (C=N–C) groups is 1. The lowest BCUT2D eigenvalue weighted by molar-refractivity contribution is 0.414. The number of nitrogens with one attached hydrogen (secondary N) is 1. The van der Waals surface area contributed by atoms with Crippen LogP contribution in [0.15, 0.2) is 29.3 Å². The molecule has 104 valence electrons. The van der Waals surface area contributed by atoms with Crippen molar-refractivity contribution in [2.24, 2.45) is 10.9 Å². The smallest absolute Gasteiger partial charge is 0.193 e. The van der Waals surface area contributed by atoms with Crippen LogP contribution in [0, 0.1) is 5.92 Å². The van der Waals surface area contributed by atoms with Crippen LogP contribution in [0.25, 0.3) is 0 Å². The Hall–Kier alpha value is -1.71. The summed E-state index contributed by atoms with van der Waals surface area (Å²) in [5, 5.41) is 3.43. The van der Waals surface area contributed by atoms with E-state index in [9.17, 15) is 0 Å². The molecule has 4 heteroatoms. The van der Waals surface area contributed by atoms with Gasteiger partial charge in [-0.2, -0.15) is 0 Å². The van der Waals surface area contributed by atoms with Crippen LogP contribution in [0.1, 0.15) is 18.4 Å². The largest absolute Gasteiger partial charge is 0.497 e. The van der Waals surface area contributed by atoms with E-state index < -0.39 is 0 Å². The number of nitrogens with zero attached hydrogens (tertiary/aromatic N) is 2. The van der Waals surface area contributed by atoms with Gasteiger partial charge in [-0.15, -0.1) is 0 Å². The highest BCUT2D eigenvalue weighted by Gasteiger charge is 2.21. The van der Waals surface area contributed by atoms with Crippen molar-refractivity contribution in [1.29, 1.82) is 0 Å². The monoisotopic (exact) mass is 261 g/mol. The average Bonchev–Trinajstić information content (AvgIpc) is 3.24. The predicted molar refractivity (Wildman–Crippen MR) is 78.5 cm³/mol. The van der Waals surface area contributed by atoms with E-state index in [1.807, 2.05) is 19.2 Å². The molecular weight excluding hydrogens is 238 g/mol. The van der Waals surface area contributed by atoms with Crippen molar-refractivity contribution in [1.82, 2.24) is 10.2 Å². The Labute approximate surface area is 115 Å². The molecule has 0 saturated heterocycles. The predicted octanol–water partition coefficient (Wildman–Crippen LogP) is 2.11. The molecule has 0 bridgehead atoms. The molecule has 0 atom stereocenters. The van der Waals surface area contributed by atoms with E-state index in [-0.39, 0.29) is 0 Å². The van der Waals surface area contributed by atoms with Crippen molar-refractivity contribution < 1.29 is 4.74 Å². The van der Waals surface area contributed by atoms with Gasteiger partial charge >= 0.3 is 0 Å². The van der Waals surface area contributed by atoms with Crippen LogP contribution in [0.2, 0.25) is 0 Å². The molecule has 0 aliphatic heterocycles. The van der Waals surface area contributed by atoms with E-state index in [0.29, 0.717) is 0 Å². The normalized spacial score (nSPS) is 15.2. The molecule has 4 nitrogen and oxygen atoms in total. The molecule has 0 radical (unpaired) electrons. The highest BCUT2D eigenvalue weighted by Crippen LogP contribution is 2.27. The molecule has 1 fully saturated rings. The SMILES string of the molecule is CN=C(NCC1CC1)N(C)Cc1ccc(OC)cc1. The van der Waals surface area contributed by atoms with Crippen LogP contribution in [0.3, 0.4) is 0 Å². The molecule has 1 saturated carbocycles. The molecule has 2 rings (SSSR count). The second-order valence-electron chi connectivity index (χ2n) is 5.08. The molecular formula is C15H23N3O.